The minimum absolute atomic E-state index is 0.0438. The fourth-order valence-electron chi connectivity index (χ4n) is 3.59. The van der Waals surface area contributed by atoms with Crippen LogP contribution in [0.15, 0.2) is 24.3 Å². The maximum atomic E-state index is 12.8. The zero-order valence-corrected chi connectivity index (χ0v) is 16.0. The highest BCUT2D eigenvalue weighted by atomic mass is 19.4. The Labute approximate surface area is 169 Å². The molecule has 0 bridgehead atoms. The third-order valence-electron chi connectivity index (χ3n) is 5.09. The maximum absolute atomic E-state index is 12.8. The highest BCUT2D eigenvalue weighted by Gasteiger charge is 2.37. The van der Waals surface area contributed by atoms with E-state index in [4.69, 9.17) is 9.47 Å². The van der Waals surface area contributed by atoms with E-state index < -0.39 is 30.7 Å². The van der Waals surface area contributed by atoms with Crippen LogP contribution in [0.1, 0.15) is 28.2 Å². The van der Waals surface area contributed by atoms with Gasteiger partial charge in [-0.3, -0.25) is 14.7 Å². The molecule has 2 amide bonds. The van der Waals surface area contributed by atoms with Crippen LogP contribution in [0.5, 0.6) is 5.75 Å². The summed E-state index contributed by atoms with van der Waals surface area (Å²) in [5.74, 6) is -0.535. The number of hydrogen-bond acceptors (Lipinski definition) is 5. The zero-order valence-electron chi connectivity index (χ0n) is 16.0. The van der Waals surface area contributed by atoms with E-state index in [1.807, 2.05) is 0 Å². The summed E-state index contributed by atoms with van der Waals surface area (Å²) in [5.41, 5.74) is 1.35. The van der Waals surface area contributed by atoms with E-state index in [1.54, 1.807) is 31.3 Å². The van der Waals surface area contributed by atoms with Crippen LogP contribution in [-0.2, 0) is 22.6 Å². The topological polar surface area (TPSA) is 96.6 Å². The first-order valence-corrected chi connectivity index (χ1v) is 9.27. The number of fused-ring (bicyclic) bond motifs is 2. The lowest BCUT2D eigenvalue weighted by Gasteiger charge is -2.24. The second kappa shape index (κ2) is 7.63. The van der Waals surface area contributed by atoms with Gasteiger partial charge in [-0.05, 0) is 12.1 Å². The highest BCUT2D eigenvalue weighted by Crippen LogP contribution is 2.31. The van der Waals surface area contributed by atoms with Gasteiger partial charge in [-0.25, -0.2) is 0 Å². The van der Waals surface area contributed by atoms with Crippen LogP contribution in [0, 0.1) is 0 Å². The smallest absolute Gasteiger partial charge is 0.391 e. The second-order valence-electron chi connectivity index (χ2n) is 7.19. The van der Waals surface area contributed by atoms with E-state index in [1.165, 1.54) is 4.90 Å². The molecule has 2 N–H and O–H groups in total. The lowest BCUT2D eigenvalue weighted by Crippen LogP contribution is -2.49. The molecular formula is C19H19F3N4O4. The Morgan fingerprint density at radius 3 is 2.90 bits per heavy atom. The molecule has 30 heavy (non-hydrogen) atoms. The van der Waals surface area contributed by atoms with Crippen molar-refractivity contribution in [1.82, 2.24) is 15.5 Å². The summed E-state index contributed by atoms with van der Waals surface area (Å²) in [7, 11) is 1.57. The molecule has 8 nitrogen and oxygen atoms in total. The van der Waals surface area contributed by atoms with Gasteiger partial charge in [-0.15, -0.1) is 0 Å². The number of carbonyl (C=O) groups excluding carboxylic acids is 2. The normalized spacial score (nSPS) is 21.3. The number of nitrogens with zero attached hydrogens (tertiary/aromatic N) is 2. The number of para-hydroxylation sites is 2. The van der Waals surface area contributed by atoms with Crippen LogP contribution in [0.3, 0.4) is 0 Å². The van der Waals surface area contributed by atoms with E-state index in [2.05, 4.69) is 15.5 Å². The lowest BCUT2D eigenvalue weighted by atomic mass is 10.00. The number of ether oxygens (including phenoxy) is 2. The molecule has 0 radical (unpaired) electrons. The number of H-pyrrole nitrogens is 1. The van der Waals surface area contributed by atoms with E-state index >= 15 is 0 Å². The van der Waals surface area contributed by atoms with Crippen molar-refractivity contribution in [3.05, 3.63) is 41.2 Å². The molecule has 4 rings (SSSR count). The van der Waals surface area contributed by atoms with Crippen LogP contribution in [-0.4, -0.2) is 54.0 Å². The third-order valence-corrected chi connectivity index (χ3v) is 5.09. The van der Waals surface area contributed by atoms with Gasteiger partial charge in [0.05, 0.1) is 30.5 Å². The molecule has 0 aliphatic carbocycles. The average molecular weight is 424 g/mol. The summed E-state index contributed by atoms with van der Waals surface area (Å²) in [5, 5.41) is 9.16. The number of anilines is 1. The summed E-state index contributed by atoms with van der Waals surface area (Å²) < 4.78 is 49.0. The molecule has 2 aromatic rings. The number of rotatable bonds is 3. The van der Waals surface area contributed by atoms with Gasteiger partial charge in [0.25, 0.3) is 11.8 Å². The number of aromatic nitrogens is 2. The number of aromatic amines is 1. The van der Waals surface area contributed by atoms with Gasteiger partial charge in [0.2, 0.25) is 0 Å². The number of carbonyl (C=O) groups is 2. The molecule has 160 valence electrons. The first-order chi connectivity index (χ1) is 14.2. The second-order valence-corrected chi connectivity index (χ2v) is 7.19. The van der Waals surface area contributed by atoms with Crippen molar-refractivity contribution in [2.75, 3.05) is 18.6 Å². The predicted octanol–water partition coefficient (Wildman–Crippen LogP) is 1.96. The largest absolute Gasteiger partial charge is 0.489 e. The van der Waals surface area contributed by atoms with E-state index in [0.29, 0.717) is 22.7 Å². The Morgan fingerprint density at radius 2 is 2.13 bits per heavy atom. The molecule has 1 unspecified atom stereocenters. The van der Waals surface area contributed by atoms with Crippen molar-refractivity contribution < 1.29 is 32.2 Å². The Hall–Kier alpha value is -3.08. The molecule has 2 aliphatic heterocycles. The first-order valence-electron chi connectivity index (χ1n) is 9.27. The van der Waals surface area contributed by atoms with Crippen molar-refractivity contribution in [1.29, 1.82) is 0 Å². The van der Waals surface area contributed by atoms with Gasteiger partial charge in [0, 0.05) is 19.0 Å². The first kappa shape index (κ1) is 20.2. The number of benzene rings is 1. The van der Waals surface area contributed by atoms with Gasteiger partial charge in [0.15, 0.2) is 5.69 Å². The van der Waals surface area contributed by atoms with E-state index in [-0.39, 0.29) is 31.2 Å². The van der Waals surface area contributed by atoms with E-state index in [0.717, 1.165) is 0 Å². The van der Waals surface area contributed by atoms with Crippen molar-refractivity contribution in [3.8, 4) is 5.75 Å². The quantitative estimate of drug-likeness (QED) is 0.785. The van der Waals surface area contributed by atoms with E-state index in [9.17, 15) is 22.8 Å². The molecule has 0 saturated heterocycles. The van der Waals surface area contributed by atoms with Crippen molar-refractivity contribution in [2.45, 2.75) is 37.8 Å². The number of hydrogen-bond donors (Lipinski definition) is 2. The zero-order chi connectivity index (χ0) is 21.5. The lowest BCUT2D eigenvalue weighted by molar-refractivity contribution is -0.163. The molecule has 11 heteroatoms. The maximum Gasteiger partial charge on any atom is 0.391 e. The summed E-state index contributed by atoms with van der Waals surface area (Å²) in [6.07, 6.45) is -6.69. The standard InChI is InChI=1S/C19H19F3N4O4/c1-26-14-4-2-3-5-15(14)30-9-13(18(26)28)23-17(27)16-11-6-10(7-19(20,21)22)29-8-12(11)24-25-16/h2-5,10,13H,6-9H2,1H3,(H,23,27)(H,24,25)/t10?,13-/m0/s1. The third kappa shape index (κ3) is 3.97. The fourth-order valence-corrected chi connectivity index (χ4v) is 3.59. The molecule has 2 aliphatic rings. The Kier molecular flexibility index (Phi) is 5.14. The molecule has 0 saturated carbocycles. The molecule has 0 fully saturated rings. The Balaban J connectivity index is 1.49. The van der Waals surface area contributed by atoms with Crippen LogP contribution in [0.2, 0.25) is 0 Å². The molecule has 1 aromatic carbocycles. The van der Waals surface area contributed by atoms with Crippen molar-refractivity contribution in [3.63, 3.8) is 0 Å². The van der Waals surface area contributed by atoms with Gasteiger partial charge < -0.3 is 19.7 Å². The Bertz CT molecular complexity index is 975. The van der Waals surface area contributed by atoms with Gasteiger partial charge in [-0.2, -0.15) is 18.3 Å². The average Bonchev–Trinajstić information content (AvgIpc) is 3.07. The number of amides is 2. The Morgan fingerprint density at radius 1 is 1.37 bits per heavy atom. The SMILES string of the molecule is CN1C(=O)[C@@H](NC(=O)c2n[nH]c3c2CC(CC(F)(F)F)OC3)COc2ccccc21. The van der Waals surface area contributed by atoms with Crippen LogP contribution in [0.4, 0.5) is 18.9 Å². The van der Waals surface area contributed by atoms with Crippen LogP contribution < -0.4 is 15.0 Å². The number of likely N-dealkylation sites (N-methyl/N-ethyl adjacent to an activating group) is 1. The van der Waals surface area contributed by atoms with Crippen molar-refractivity contribution in [2.24, 2.45) is 0 Å². The van der Waals surface area contributed by atoms with Crippen molar-refractivity contribution >= 4 is 17.5 Å². The van der Waals surface area contributed by atoms with Crippen LogP contribution in [0.25, 0.3) is 0 Å². The number of alkyl halides is 3. The molecular weight excluding hydrogens is 405 g/mol. The molecule has 2 atom stereocenters. The molecule has 0 spiro atoms. The van der Waals surface area contributed by atoms with Gasteiger partial charge in [0.1, 0.15) is 18.4 Å². The highest BCUT2D eigenvalue weighted by molar-refractivity contribution is 6.03. The summed E-state index contributed by atoms with van der Waals surface area (Å²) in [4.78, 5) is 27.0. The minimum atomic E-state index is -4.38. The molecule has 3 heterocycles. The van der Waals surface area contributed by atoms with Crippen LogP contribution >= 0.6 is 0 Å². The minimum Gasteiger partial charge on any atom is -0.489 e. The predicted molar refractivity (Wildman–Crippen MR) is 98.1 cm³/mol. The monoisotopic (exact) mass is 424 g/mol. The summed E-state index contributed by atoms with van der Waals surface area (Å²) in [6, 6.07) is 6.00. The number of halogens is 3. The van der Waals surface area contributed by atoms with Gasteiger partial charge in [-0.1, -0.05) is 12.1 Å². The summed E-state index contributed by atoms with van der Waals surface area (Å²) >= 11 is 0. The molecule has 1 aromatic heterocycles. The van der Waals surface area contributed by atoms with Gasteiger partial charge >= 0.3 is 6.18 Å². The fraction of sp³-hybridized carbons (Fsp3) is 0.421. The summed E-state index contributed by atoms with van der Waals surface area (Å²) in [6.45, 7) is -0.182. The number of nitrogens with one attached hydrogen (secondary N) is 2.